The van der Waals surface area contributed by atoms with Crippen molar-refractivity contribution in [1.82, 2.24) is 0 Å². The molecule has 1 aromatic rings. The number of ketones is 2. The summed E-state index contributed by atoms with van der Waals surface area (Å²) in [6.07, 6.45) is -5.45. The van der Waals surface area contributed by atoms with Gasteiger partial charge < -0.3 is 35.0 Å². The highest BCUT2D eigenvalue weighted by Gasteiger charge is 2.62. The summed E-state index contributed by atoms with van der Waals surface area (Å²) in [4.78, 5) is 38.1. The zero-order chi connectivity index (χ0) is 23.3. The average Bonchev–Trinajstić information content (AvgIpc) is 2.69. The lowest BCUT2D eigenvalue weighted by Crippen LogP contribution is -2.66. The predicted molar refractivity (Wildman–Crippen MR) is 105 cm³/mol. The molecular weight excluding hydrogens is 424 g/mol. The van der Waals surface area contributed by atoms with Gasteiger partial charge in [0.15, 0.2) is 11.6 Å². The molecule has 1 aromatic carbocycles. The van der Waals surface area contributed by atoms with Gasteiger partial charge in [0.1, 0.15) is 17.1 Å². The number of aliphatic hydroxyl groups excluding tert-OH is 1. The lowest BCUT2D eigenvalue weighted by Gasteiger charge is -2.52. The summed E-state index contributed by atoms with van der Waals surface area (Å²) in [5.74, 6) is -3.84. The molecule has 10 heteroatoms. The van der Waals surface area contributed by atoms with E-state index in [0.29, 0.717) is 0 Å². The Balaban J connectivity index is 1.73. The normalized spacial score (nSPS) is 35.4. The number of benzene rings is 1. The van der Waals surface area contributed by atoms with Gasteiger partial charge in [-0.3, -0.25) is 14.4 Å². The van der Waals surface area contributed by atoms with E-state index in [-0.39, 0.29) is 41.5 Å². The monoisotopic (exact) mass is 446 g/mol. The van der Waals surface area contributed by atoms with Crippen molar-refractivity contribution in [3.05, 3.63) is 33.4 Å². The molecule has 6 rings (SSSR count). The van der Waals surface area contributed by atoms with Gasteiger partial charge in [0.2, 0.25) is 0 Å². The Labute approximate surface area is 181 Å². The van der Waals surface area contributed by atoms with Gasteiger partial charge >= 0.3 is 5.97 Å². The maximum absolute atomic E-state index is 13.5. The van der Waals surface area contributed by atoms with Crippen LogP contribution in [0.5, 0.6) is 11.5 Å². The van der Waals surface area contributed by atoms with Crippen molar-refractivity contribution < 1.29 is 49.4 Å². The second kappa shape index (κ2) is 6.61. The van der Waals surface area contributed by atoms with Crippen LogP contribution in [0, 0.1) is 0 Å². The van der Waals surface area contributed by atoms with Gasteiger partial charge in [0.25, 0.3) is 0 Å². The number of rotatable bonds is 2. The van der Waals surface area contributed by atoms with Crippen LogP contribution in [0.15, 0.2) is 11.1 Å². The zero-order valence-corrected chi connectivity index (χ0v) is 17.3. The molecule has 6 atom stereocenters. The van der Waals surface area contributed by atoms with Gasteiger partial charge in [-0.05, 0) is 13.8 Å². The number of hydrogen-bond donors (Lipinski definition) is 5. The summed E-state index contributed by atoms with van der Waals surface area (Å²) >= 11 is 0. The van der Waals surface area contributed by atoms with E-state index in [2.05, 4.69) is 0 Å². The van der Waals surface area contributed by atoms with Crippen molar-refractivity contribution in [2.24, 2.45) is 0 Å². The first-order valence-corrected chi connectivity index (χ1v) is 10.4. The third kappa shape index (κ3) is 2.46. The number of carboxylic acids is 1. The van der Waals surface area contributed by atoms with Crippen LogP contribution in [-0.2, 0) is 20.7 Å². The molecule has 0 saturated carbocycles. The molecule has 170 valence electrons. The highest BCUT2D eigenvalue weighted by Crippen LogP contribution is 2.54. The fourth-order valence-corrected chi connectivity index (χ4v) is 5.64. The highest BCUT2D eigenvalue weighted by molar-refractivity contribution is 6.30. The average molecular weight is 446 g/mol. The zero-order valence-electron chi connectivity index (χ0n) is 17.3. The van der Waals surface area contributed by atoms with Crippen LogP contribution in [-0.4, -0.2) is 73.1 Å². The Bertz CT molecular complexity index is 1120. The number of phenols is 2. The van der Waals surface area contributed by atoms with Crippen LogP contribution in [0.3, 0.4) is 0 Å². The summed E-state index contributed by atoms with van der Waals surface area (Å²) in [7, 11) is 0. The van der Waals surface area contributed by atoms with Gasteiger partial charge in [-0.15, -0.1) is 0 Å². The summed E-state index contributed by atoms with van der Waals surface area (Å²) < 4.78 is 11.3. The Morgan fingerprint density at radius 1 is 1.09 bits per heavy atom. The van der Waals surface area contributed by atoms with Crippen LogP contribution in [0.1, 0.15) is 64.6 Å². The van der Waals surface area contributed by atoms with Crippen molar-refractivity contribution in [3.8, 4) is 11.5 Å². The molecule has 32 heavy (non-hydrogen) atoms. The first-order valence-electron chi connectivity index (χ1n) is 10.4. The van der Waals surface area contributed by atoms with Gasteiger partial charge in [-0.1, -0.05) is 0 Å². The molecule has 2 bridgehead atoms. The minimum absolute atomic E-state index is 0.0777. The van der Waals surface area contributed by atoms with Crippen molar-refractivity contribution >= 4 is 17.5 Å². The quantitative estimate of drug-likeness (QED) is 0.404. The third-order valence-electron chi connectivity index (χ3n) is 7.08. The predicted octanol–water partition coefficient (Wildman–Crippen LogP) is 0.533. The third-order valence-corrected chi connectivity index (χ3v) is 7.08. The van der Waals surface area contributed by atoms with E-state index in [4.69, 9.17) is 14.6 Å². The van der Waals surface area contributed by atoms with Gasteiger partial charge in [0, 0.05) is 35.1 Å². The lowest BCUT2D eigenvalue weighted by atomic mass is 9.63. The fraction of sp³-hybridized carbons (Fsp3) is 0.500. The molecule has 1 saturated heterocycles. The van der Waals surface area contributed by atoms with E-state index in [9.17, 15) is 34.8 Å². The largest absolute Gasteiger partial charge is 0.507 e. The standard InChI is InChI=1S/C22H22O10/c1-6-13-9(3-8(31-6)4-12(24)25)18(26)15-16(19(13)27)21(29)17-14(20(15)28)10-5-11(23)22(17,30)7(2)32-10/h6-8,10-11,23,26-27,30H,3-5H2,1-2H3,(H,24,25)/t6-,7?,8+,10?,11?,22?/m0/s1. The molecule has 3 aliphatic heterocycles. The SMILES string of the molecule is CC1OC2CC(O)C1(O)C1=C2C(=O)c2c(O)c3c(c(O)c2C1=O)[C@H](C)O[C@@H](CC(=O)O)C3. The highest BCUT2D eigenvalue weighted by atomic mass is 16.5. The van der Waals surface area contributed by atoms with E-state index in [1.807, 2.05) is 0 Å². The van der Waals surface area contributed by atoms with E-state index in [0.717, 1.165) is 0 Å². The van der Waals surface area contributed by atoms with Crippen molar-refractivity contribution in [2.45, 2.75) is 69.2 Å². The van der Waals surface area contributed by atoms with Crippen molar-refractivity contribution in [1.29, 1.82) is 0 Å². The maximum Gasteiger partial charge on any atom is 0.305 e. The molecule has 0 aromatic heterocycles. The second-order valence-corrected chi connectivity index (χ2v) is 8.83. The topological polar surface area (TPSA) is 171 Å². The number of aliphatic hydroxyl groups is 2. The van der Waals surface area contributed by atoms with Crippen LogP contribution in [0.2, 0.25) is 0 Å². The van der Waals surface area contributed by atoms with Gasteiger partial charge in [-0.25, -0.2) is 0 Å². The molecule has 4 unspecified atom stereocenters. The van der Waals surface area contributed by atoms with Crippen LogP contribution in [0.4, 0.5) is 0 Å². The Hall–Kier alpha value is -2.79. The van der Waals surface area contributed by atoms with Crippen LogP contribution < -0.4 is 0 Å². The Morgan fingerprint density at radius 3 is 2.38 bits per heavy atom. The summed E-state index contributed by atoms with van der Waals surface area (Å²) in [6.45, 7) is 3.02. The molecule has 1 fully saturated rings. The van der Waals surface area contributed by atoms with Crippen LogP contribution >= 0.6 is 0 Å². The van der Waals surface area contributed by atoms with Crippen LogP contribution in [0.25, 0.3) is 0 Å². The fourth-order valence-electron chi connectivity index (χ4n) is 5.64. The van der Waals surface area contributed by atoms with Gasteiger partial charge in [-0.2, -0.15) is 0 Å². The minimum atomic E-state index is -2.14. The first-order chi connectivity index (χ1) is 15.0. The van der Waals surface area contributed by atoms with Crippen molar-refractivity contribution in [2.75, 3.05) is 0 Å². The number of carboxylic acid groups (broad SMARTS) is 1. The first kappa shape index (κ1) is 21.1. The number of phenolic OH excluding ortho intramolecular Hbond substituents is 2. The number of fused-ring (bicyclic) bond motifs is 4. The minimum Gasteiger partial charge on any atom is -0.507 e. The van der Waals surface area contributed by atoms with Gasteiger partial charge in [0.05, 0.1) is 48.1 Å². The smallest absolute Gasteiger partial charge is 0.305 e. The number of aliphatic carboxylic acids is 1. The number of hydrogen-bond acceptors (Lipinski definition) is 9. The van der Waals surface area contributed by atoms with Crippen molar-refractivity contribution in [3.63, 3.8) is 0 Å². The number of carbonyl (C=O) groups excluding carboxylic acids is 2. The lowest BCUT2D eigenvalue weighted by molar-refractivity contribution is -0.207. The Morgan fingerprint density at radius 2 is 1.75 bits per heavy atom. The summed E-state index contributed by atoms with van der Waals surface area (Å²) in [5, 5.41) is 52.8. The number of carbonyl (C=O) groups is 3. The molecular formula is C22H22O10. The molecule has 0 radical (unpaired) electrons. The van der Waals surface area contributed by atoms with E-state index >= 15 is 0 Å². The van der Waals surface area contributed by atoms with E-state index < -0.39 is 76.3 Å². The number of aromatic hydroxyl groups is 2. The second-order valence-electron chi connectivity index (χ2n) is 8.83. The molecule has 10 nitrogen and oxygen atoms in total. The number of ether oxygens (including phenoxy) is 2. The molecule has 0 spiro atoms. The molecule has 5 N–H and O–H groups in total. The summed E-state index contributed by atoms with van der Waals surface area (Å²) in [6, 6.07) is 0. The summed E-state index contributed by atoms with van der Waals surface area (Å²) in [5.41, 5.74) is -3.23. The molecule has 0 amide bonds. The van der Waals surface area contributed by atoms with E-state index in [1.165, 1.54) is 13.8 Å². The molecule has 3 heterocycles. The molecule has 5 aliphatic rings. The number of Topliss-reactive ketones (excluding diaryl/α,β-unsaturated/α-hetero) is 2. The van der Waals surface area contributed by atoms with E-state index in [1.54, 1.807) is 0 Å². The maximum atomic E-state index is 13.5. The Kier molecular flexibility index (Phi) is 4.35. The molecule has 2 aliphatic carbocycles.